The molecule has 0 radical (unpaired) electrons. The summed E-state index contributed by atoms with van der Waals surface area (Å²) >= 11 is 0. The van der Waals surface area contributed by atoms with Crippen molar-refractivity contribution < 1.29 is 13.2 Å². The van der Waals surface area contributed by atoms with Gasteiger partial charge in [0.25, 0.3) is 0 Å². The molecule has 0 atom stereocenters. The molecule has 0 saturated heterocycles. The van der Waals surface area contributed by atoms with E-state index in [4.69, 9.17) is 0 Å². The first-order chi connectivity index (χ1) is 5.75. The van der Waals surface area contributed by atoms with Crippen LogP contribution in [0.1, 0.15) is 19.5 Å². The second kappa shape index (κ2) is 2.75. The van der Waals surface area contributed by atoms with Gasteiger partial charge in [-0.05, 0) is 26.8 Å². The van der Waals surface area contributed by atoms with Crippen LogP contribution in [0.5, 0.6) is 0 Å². The van der Waals surface area contributed by atoms with Gasteiger partial charge in [0.05, 0.1) is 5.69 Å². The SMILES string of the molecule is Cc1ccn(C(C)(C)C(F)(F)F)n1. The summed E-state index contributed by atoms with van der Waals surface area (Å²) in [5.74, 6) is 0. The van der Waals surface area contributed by atoms with Gasteiger partial charge in [-0.2, -0.15) is 18.3 Å². The summed E-state index contributed by atoms with van der Waals surface area (Å²) in [5.41, 5.74) is -1.36. The van der Waals surface area contributed by atoms with Crippen molar-refractivity contribution in [2.45, 2.75) is 32.5 Å². The highest BCUT2D eigenvalue weighted by molar-refractivity contribution is 4.99. The smallest absolute Gasteiger partial charge is 0.258 e. The molecule has 13 heavy (non-hydrogen) atoms. The van der Waals surface area contributed by atoms with E-state index >= 15 is 0 Å². The van der Waals surface area contributed by atoms with Crippen LogP contribution in [0, 0.1) is 6.92 Å². The van der Waals surface area contributed by atoms with E-state index in [0.29, 0.717) is 5.69 Å². The van der Waals surface area contributed by atoms with Gasteiger partial charge in [0, 0.05) is 6.20 Å². The first-order valence-electron chi connectivity index (χ1n) is 3.84. The summed E-state index contributed by atoms with van der Waals surface area (Å²) in [7, 11) is 0. The summed E-state index contributed by atoms with van der Waals surface area (Å²) < 4.78 is 38.3. The lowest BCUT2D eigenvalue weighted by molar-refractivity contribution is -0.205. The average Bonchev–Trinajstić information content (AvgIpc) is 2.33. The van der Waals surface area contributed by atoms with Gasteiger partial charge in [0.15, 0.2) is 5.54 Å². The molecule has 0 bridgehead atoms. The maximum absolute atomic E-state index is 12.5. The topological polar surface area (TPSA) is 17.8 Å². The lowest BCUT2D eigenvalue weighted by Crippen LogP contribution is -2.42. The standard InChI is InChI=1S/C8H11F3N2/c1-6-4-5-13(12-6)7(2,3)8(9,10)11/h4-5H,1-3H3. The number of hydrogen-bond acceptors (Lipinski definition) is 1. The third-order valence-electron chi connectivity index (χ3n) is 1.99. The van der Waals surface area contributed by atoms with Gasteiger partial charge in [-0.15, -0.1) is 0 Å². The van der Waals surface area contributed by atoms with E-state index in [1.807, 2.05) is 0 Å². The largest absolute Gasteiger partial charge is 0.413 e. The van der Waals surface area contributed by atoms with Crippen molar-refractivity contribution in [2.24, 2.45) is 0 Å². The molecule has 0 aliphatic heterocycles. The van der Waals surface area contributed by atoms with Crippen molar-refractivity contribution in [1.29, 1.82) is 0 Å². The van der Waals surface area contributed by atoms with Crippen LogP contribution < -0.4 is 0 Å². The van der Waals surface area contributed by atoms with Crippen LogP contribution in [-0.2, 0) is 5.54 Å². The van der Waals surface area contributed by atoms with Crippen molar-refractivity contribution in [1.82, 2.24) is 9.78 Å². The molecule has 0 aliphatic rings. The molecule has 0 spiro atoms. The number of aromatic nitrogens is 2. The third kappa shape index (κ3) is 1.68. The molecule has 0 amide bonds. The fraction of sp³-hybridized carbons (Fsp3) is 0.625. The van der Waals surface area contributed by atoms with E-state index in [1.165, 1.54) is 6.20 Å². The summed E-state index contributed by atoms with van der Waals surface area (Å²) in [6.45, 7) is 3.85. The highest BCUT2D eigenvalue weighted by atomic mass is 19.4. The van der Waals surface area contributed by atoms with E-state index in [1.54, 1.807) is 13.0 Å². The molecule has 2 nitrogen and oxygen atoms in total. The maximum Gasteiger partial charge on any atom is 0.413 e. The summed E-state index contributed by atoms with van der Waals surface area (Å²) in [6.07, 6.45) is -2.95. The minimum absolute atomic E-state index is 0.581. The molecule has 0 aromatic carbocycles. The van der Waals surface area contributed by atoms with Crippen LogP contribution in [0.25, 0.3) is 0 Å². The molecule has 5 heteroatoms. The van der Waals surface area contributed by atoms with Crippen molar-refractivity contribution >= 4 is 0 Å². The van der Waals surface area contributed by atoms with Gasteiger partial charge >= 0.3 is 6.18 Å². The van der Waals surface area contributed by atoms with Gasteiger partial charge in [-0.25, -0.2) is 0 Å². The number of nitrogens with zero attached hydrogens (tertiary/aromatic N) is 2. The van der Waals surface area contributed by atoms with Crippen LogP contribution in [0.4, 0.5) is 13.2 Å². The second-order valence-corrected chi connectivity index (χ2v) is 3.46. The van der Waals surface area contributed by atoms with Gasteiger partial charge in [-0.3, -0.25) is 4.68 Å². The van der Waals surface area contributed by atoms with Crippen molar-refractivity contribution in [3.05, 3.63) is 18.0 Å². The van der Waals surface area contributed by atoms with Crippen LogP contribution in [0.2, 0.25) is 0 Å². The fourth-order valence-corrected chi connectivity index (χ4v) is 0.856. The molecule has 0 unspecified atom stereocenters. The number of alkyl halides is 3. The molecule has 1 heterocycles. The monoisotopic (exact) mass is 192 g/mol. The summed E-state index contributed by atoms with van der Waals surface area (Å²) in [5, 5.41) is 3.75. The Hall–Kier alpha value is -1.00. The maximum atomic E-state index is 12.5. The molecule has 0 N–H and O–H groups in total. The first kappa shape index (κ1) is 10.1. The van der Waals surface area contributed by atoms with E-state index in [0.717, 1.165) is 18.5 Å². The summed E-state index contributed by atoms with van der Waals surface area (Å²) in [4.78, 5) is 0. The Morgan fingerprint density at radius 1 is 1.31 bits per heavy atom. The van der Waals surface area contributed by atoms with Gasteiger partial charge in [0.2, 0.25) is 0 Å². The van der Waals surface area contributed by atoms with Crippen molar-refractivity contribution in [3.8, 4) is 0 Å². The van der Waals surface area contributed by atoms with Gasteiger partial charge < -0.3 is 0 Å². The highest BCUT2D eigenvalue weighted by Crippen LogP contribution is 2.35. The molecule has 1 aromatic rings. The number of halogens is 3. The predicted octanol–water partition coefficient (Wildman–Crippen LogP) is 2.49. The van der Waals surface area contributed by atoms with Crippen LogP contribution in [0.15, 0.2) is 12.3 Å². The van der Waals surface area contributed by atoms with Crippen LogP contribution >= 0.6 is 0 Å². The predicted molar refractivity (Wildman–Crippen MR) is 42.3 cm³/mol. The second-order valence-electron chi connectivity index (χ2n) is 3.46. The normalized spacial score (nSPS) is 13.4. The lowest BCUT2D eigenvalue weighted by Gasteiger charge is -2.27. The van der Waals surface area contributed by atoms with Gasteiger partial charge in [-0.1, -0.05) is 0 Å². The molecule has 0 fully saturated rings. The molecule has 1 rings (SSSR count). The highest BCUT2D eigenvalue weighted by Gasteiger charge is 2.49. The molecule has 74 valence electrons. The Balaban J connectivity index is 3.07. The third-order valence-corrected chi connectivity index (χ3v) is 1.99. The van der Waals surface area contributed by atoms with Crippen molar-refractivity contribution in [3.63, 3.8) is 0 Å². The number of aryl methyl sites for hydroxylation is 1. The zero-order valence-corrected chi connectivity index (χ0v) is 7.68. The Labute approximate surface area is 74.4 Å². The molecule has 0 aliphatic carbocycles. The quantitative estimate of drug-likeness (QED) is 0.668. The zero-order chi connectivity index (χ0) is 10.3. The molecular formula is C8H11F3N2. The zero-order valence-electron chi connectivity index (χ0n) is 7.68. The Morgan fingerprint density at radius 2 is 1.85 bits per heavy atom. The van der Waals surface area contributed by atoms with Crippen LogP contribution in [-0.4, -0.2) is 16.0 Å². The number of rotatable bonds is 1. The molecule has 0 saturated carbocycles. The minimum atomic E-state index is -4.29. The molecular weight excluding hydrogens is 181 g/mol. The molecule has 1 aromatic heterocycles. The van der Waals surface area contributed by atoms with E-state index in [2.05, 4.69) is 5.10 Å². The fourth-order valence-electron chi connectivity index (χ4n) is 0.856. The van der Waals surface area contributed by atoms with Gasteiger partial charge in [0.1, 0.15) is 0 Å². The van der Waals surface area contributed by atoms with E-state index in [9.17, 15) is 13.2 Å². The Bertz CT molecular complexity index is 299. The lowest BCUT2D eigenvalue weighted by atomic mass is 10.1. The first-order valence-corrected chi connectivity index (χ1v) is 3.84. The summed E-state index contributed by atoms with van der Waals surface area (Å²) in [6, 6.07) is 1.55. The van der Waals surface area contributed by atoms with E-state index < -0.39 is 11.7 Å². The Kier molecular flexibility index (Phi) is 2.13. The number of hydrogen-bond donors (Lipinski definition) is 0. The minimum Gasteiger partial charge on any atom is -0.258 e. The average molecular weight is 192 g/mol. The van der Waals surface area contributed by atoms with E-state index in [-0.39, 0.29) is 0 Å². The Morgan fingerprint density at radius 3 is 2.15 bits per heavy atom. The van der Waals surface area contributed by atoms with Crippen molar-refractivity contribution in [2.75, 3.05) is 0 Å². The van der Waals surface area contributed by atoms with Crippen LogP contribution in [0.3, 0.4) is 0 Å².